The summed E-state index contributed by atoms with van der Waals surface area (Å²) in [6.45, 7) is 5.23. The molecule has 0 unspecified atom stereocenters. The SMILES string of the molecule is CCN(CC)C(=O)Cc1csc(NC(=O)Nc2ccccc2OC)n1. The molecule has 0 aliphatic heterocycles. The fraction of sp³-hybridized carbons (Fsp3) is 0.353. The van der Waals surface area contributed by atoms with Gasteiger partial charge < -0.3 is 15.0 Å². The van der Waals surface area contributed by atoms with Crippen molar-refractivity contribution in [3.63, 3.8) is 0 Å². The number of methoxy groups -OCH3 is 1. The number of benzene rings is 1. The van der Waals surface area contributed by atoms with Crippen LogP contribution in [0.3, 0.4) is 0 Å². The molecule has 3 amide bonds. The van der Waals surface area contributed by atoms with Gasteiger partial charge in [-0.3, -0.25) is 10.1 Å². The molecule has 0 spiro atoms. The maximum atomic E-state index is 12.1. The average Bonchev–Trinajstić information content (AvgIpc) is 3.03. The molecule has 0 bridgehead atoms. The summed E-state index contributed by atoms with van der Waals surface area (Å²) in [4.78, 5) is 30.2. The van der Waals surface area contributed by atoms with Crippen LogP contribution in [0.15, 0.2) is 29.6 Å². The van der Waals surface area contributed by atoms with E-state index in [0.29, 0.717) is 35.4 Å². The monoisotopic (exact) mass is 362 g/mol. The first-order valence-corrected chi connectivity index (χ1v) is 8.88. The number of amides is 3. The molecule has 0 saturated heterocycles. The summed E-state index contributed by atoms with van der Waals surface area (Å²) < 4.78 is 5.19. The van der Waals surface area contributed by atoms with Crippen LogP contribution in [0.1, 0.15) is 19.5 Å². The lowest BCUT2D eigenvalue weighted by Gasteiger charge is -2.17. The van der Waals surface area contributed by atoms with Crippen molar-refractivity contribution in [2.75, 3.05) is 30.8 Å². The minimum absolute atomic E-state index is 0.0281. The van der Waals surface area contributed by atoms with Crippen LogP contribution >= 0.6 is 11.3 Å². The topological polar surface area (TPSA) is 83.6 Å². The van der Waals surface area contributed by atoms with Crippen molar-refractivity contribution in [3.8, 4) is 5.75 Å². The summed E-state index contributed by atoms with van der Waals surface area (Å²) in [5, 5.41) is 7.60. The predicted octanol–water partition coefficient (Wildman–Crippen LogP) is 3.21. The number of hydrogen-bond acceptors (Lipinski definition) is 5. The lowest BCUT2D eigenvalue weighted by Crippen LogP contribution is -2.31. The maximum Gasteiger partial charge on any atom is 0.325 e. The molecule has 0 aliphatic rings. The number of hydrogen-bond donors (Lipinski definition) is 2. The highest BCUT2D eigenvalue weighted by molar-refractivity contribution is 7.14. The largest absolute Gasteiger partial charge is 0.495 e. The van der Waals surface area contributed by atoms with E-state index in [2.05, 4.69) is 15.6 Å². The number of carbonyl (C=O) groups is 2. The third-order valence-electron chi connectivity index (χ3n) is 3.58. The number of aromatic nitrogens is 1. The number of ether oxygens (including phenoxy) is 1. The Bertz CT molecular complexity index is 728. The van der Waals surface area contributed by atoms with Crippen LogP contribution in [0.25, 0.3) is 0 Å². The Morgan fingerprint density at radius 1 is 1.20 bits per heavy atom. The number of rotatable bonds is 7. The minimum atomic E-state index is -0.416. The molecule has 0 radical (unpaired) electrons. The van der Waals surface area contributed by atoms with Gasteiger partial charge in [0.15, 0.2) is 5.13 Å². The molecule has 2 rings (SSSR count). The molecule has 7 nitrogen and oxygen atoms in total. The van der Waals surface area contributed by atoms with E-state index in [1.165, 1.54) is 11.3 Å². The smallest absolute Gasteiger partial charge is 0.325 e. The van der Waals surface area contributed by atoms with Gasteiger partial charge in [0.2, 0.25) is 5.91 Å². The van der Waals surface area contributed by atoms with Gasteiger partial charge in [-0.05, 0) is 26.0 Å². The van der Waals surface area contributed by atoms with Gasteiger partial charge in [0.05, 0.1) is 24.9 Å². The summed E-state index contributed by atoms with van der Waals surface area (Å²) in [6, 6.07) is 6.71. The third kappa shape index (κ3) is 5.18. The van der Waals surface area contributed by atoms with Crippen LogP contribution in [-0.4, -0.2) is 42.0 Å². The Balaban J connectivity index is 1.94. The molecule has 0 fully saturated rings. The fourth-order valence-electron chi connectivity index (χ4n) is 2.29. The van der Waals surface area contributed by atoms with E-state index in [1.807, 2.05) is 19.9 Å². The van der Waals surface area contributed by atoms with E-state index in [1.54, 1.807) is 35.6 Å². The van der Waals surface area contributed by atoms with Crippen molar-refractivity contribution in [1.82, 2.24) is 9.88 Å². The highest BCUT2D eigenvalue weighted by Crippen LogP contribution is 2.23. The van der Waals surface area contributed by atoms with Gasteiger partial charge in [-0.2, -0.15) is 0 Å². The van der Waals surface area contributed by atoms with Gasteiger partial charge in [-0.1, -0.05) is 12.1 Å². The molecule has 0 aliphatic carbocycles. The van der Waals surface area contributed by atoms with Crippen molar-refractivity contribution in [3.05, 3.63) is 35.3 Å². The highest BCUT2D eigenvalue weighted by atomic mass is 32.1. The van der Waals surface area contributed by atoms with E-state index in [4.69, 9.17) is 4.74 Å². The van der Waals surface area contributed by atoms with Gasteiger partial charge in [-0.25, -0.2) is 9.78 Å². The molecular weight excluding hydrogens is 340 g/mol. The van der Waals surface area contributed by atoms with Gasteiger partial charge in [0, 0.05) is 18.5 Å². The van der Waals surface area contributed by atoms with Gasteiger partial charge in [-0.15, -0.1) is 11.3 Å². The van der Waals surface area contributed by atoms with Gasteiger partial charge in [0.25, 0.3) is 0 Å². The molecule has 1 aromatic carbocycles. The Kier molecular flexibility index (Phi) is 6.76. The fourth-order valence-corrected chi connectivity index (χ4v) is 2.99. The molecule has 0 atom stereocenters. The Labute approximate surface area is 151 Å². The van der Waals surface area contributed by atoms with Crippen LogP contribution in [0.2, 0.25) is 0 Å². The third-order valence-corrected chi connectivity index (χ3v) is 4.38. The zero-order valence-electron chi connectivity index (χ0n) is 14.5. The molecule has 25 heavy (non-hydrogen) atoms. The zero-order chi connectivity index (χ0) is 18.2. The van der Waals surface area contributed by atoms with Crippen molar-refractivity contribution in [2.45, 2.75) is 20.3 Å². The minimum Gasteiger partial charge on any atom is -0.495 e. The Hall–Kier alpha value is -2.61. The van der Waals surface area contributed by atoms with Crippen LogP contribution in [0.5, 0.6) is 5.75 Å². The standard InChI is InChI=1S/C17H22N4O3S/c1-4-21(5-2)15(22)10-12-11-25-17(18-12)20-16(23)19-13-8-6-7-9-14(13)24-3/h6-9,11H,4-5,10H2,1-3H3,(H2,18,19,20,23). The molecule has 1 aromatic heterocycles. The zero-order valence-corrected chi connectivity index (χ0v) is 15.4. The lowest BCUT2D eigenvalue weighted by molar-refractivity contribution is -0.130. The summed E-state index contributed by atoms with van der Waals surface area (Å²) in [5.74, 6) is 0.600. The number of anilines is 2. The Morgan fingerprint density at radius 2 is 1.92 bits per heavy atom. The van der Waals surface area contributed by atoms with Gasteiger partial charge in [0.1, 0.15) is 5.75 Å². The number of urea groups is 1. The van der Waals surface area contributed by atoms with E-state index < -0.39 is 6.03 Å². The number of thiazole rings is 1. The van der Waals surface area contributed by atoms with Crippen LogP contribution in [0.4, 0.5) is 15.6 Å². The first-order chi connectivity index (χ1) is 12.1. The highest BCUT2D eigenvalue weighted by Gasteiger charge is 2.14. The van der Waals surface area contributed by atoms with Crippen LogP contribution in [0, 0.1) is 0 Å². The van der Waals surface area contributed by atoms with Crippen molar-refractivity contribution in [2.24, 2.45) is 0 Å². The van der Waals surface area contributed by atoms with Crippen molar-refractivity contribution in [1.29, 1.82) is 0 Å². The second kappa shape index (κ2) is 9.03. The molecule has 8 heteroatoms. The molecular formula is C17H22N4O3S. The van der Waals surface area contributed by atoms with Crippen LogP contribution < -0.4 is 15.4 Å². The second-order valence-corrected chi connectivity index (χ2v) is 6.02. The summed E-state index contributed by atoms with van der Waals surface area (Å²) >= 11 is 1.28. The van der Waals surface area contributed by atoms with Crippen molar-refractivity contribution >= 4 is 34.1 Å². The second-order valence-electron chi connectivity index (χ2n) is 5.17. The number of nitrogens with one attached hydrogen (secondary N) is 2. The van der Waals surface area contributed by atoms with Crippen LogP contribution in [-0.2, 0) is 11.2 Å². The quantitative estimate of drug-likeness (QED) is 0.792. The first kappa shape index (κ1) is 18.7. The van der Waals surface area contributed by atoms with Crippen molar-refractivity contribution < 1.29 is 14.3 Å². The lowest BCUT2D eigenvalue weighted by atomic mass is 10.3. The molecule has 1 heterocycles. The molecule has 2 aromatic rings. The van der Waals surface area contributed by atoms with E-state index in [9.17, 15) is 9.59 Å². The first-order valence-electron chi connectivity index (χ1n) is 8.00. The normalized spacial score (nSPS) is 10.2. The Morgan fingerprint density at radius 3 is 2.60 bits per heavy atom. The van der Waals surface area contributed by atoms with E-state index in [-0.39, 0.29) is 12.3 Å². The number of nitrogens with zero attached hydrogens (tertiary/aromatic N) is 2. The number of likely N-dealkylation sites (N-methyl/N-ethyl adjacent to an activating group) is 1. The molecule has 134 valence electrons. The molecule has 2 N–H and O–H groups in total. The average molecular weight is 362 g/mol. The molecule has 0 saturated carbocycles. The van der Waals surface area contributed by atoms with E-state index in [0.717, 1.165) is 0 Å². The summed E-state index contributed by atoms with van der Waals surface area (Å²) in [5.41, 5.74) is 1.21. The number of para-hydroxylation sites is 2. The van der Waals surface area contributed by atoms with E-state index >= 15 is 0 Å². The maximum absolute atomic E-state index is 12.1. The summed E-state index contributed by atoms with van der Waals surface area (Å²) in [7, 11) is 1.54. The van der Waals surface area contributed by atoms with Gasteiger partial charge >= 0.3 is 6.03 Å². The summed E-state index contributed by atoms with van der Waals surface area (Å²) in [6.07, 6.45) is 0.230. The predicted molar refractivity (Wildman–Crippen MR) is 99.4 cm³/mol. The number of carbonyl (C=O) groups excluding carboxylic acids is 2.